The van der Waals surface area contributed by atoms with Gasteiger partial charge in [-0.15, -0.1) is 11.3 Å². The number of rotatable bonds is 11. The number of aliphatic hydroxyl groups is 1. The van der Waals surface area contributed by atoms with Gasteiger partial charge in [-0.25, -0.2) is 8.42 Å². The Kier molecular flexibility index (Phi) is 8.27. The lowest BCUT2D eigenvalue weighted by molar-refractivity contribution is -0.144. The van der Waals surface area contributed by atoms with E-state index in [4.69, 9.17) is 19.9 Å². The first-order valence-corrected chi connectivity index (χ1v) is 13.7. The van der Waals surface area contributed by atoms with Gasteiger partial charge in [0.25, 0.3) is 5.91 Å². The van der Waals surface area contributed by atoms with Crippen LogP contribution in [0.4, 0.5) is 0 Å². The van der Waals surface area contributed by atoms with Crippen LogP contribution in [0.15, 0.2) is 70.6 Å². The molecule has 0 fully saturated rings. The molecular formula is C25H28N2O7S2. The molecule has 0 bridgehead atoms. The lowest BCUT2D eigenvalue weighted by atomic mass is 9.92. The lowest BCUT2D eigenvalue weighted by Gasteiger charge is -2.29. The second-order valence-corrected chi connectivity index (χ2v) is 11.0. The molecule has 0 radical (unpaired) electrons. The van der Waals surface area contributed by atoms with Gasteiger partial charge in [-0.05, 0) is 52.7 Å². The van der Waals surface area contributed by atoms with E-state index in [9.17, 15) is 18.3 Å². The minimum atomic E-state index is -3.87. The molecule has 2 aromatic carbocycles. The van der Waals surface area contributed by atoms with Crippen molar-refractivity contribution in [3.63, 3.8) is 0 Å². The van der Waals surface area contributed by atoms with Crippen LogP contribution in [0.5, 0.6) is 5.75 Å². The monoisotopic (exact) mass is 532 g/mol. The van der Waals surface area contributed by atoms with Crippen molar-refractivity contribution in [2.75, 3.05) is 33.4 Å². The molecule has 0 saturated carbocycles. The Labute approximate surface area is 213 Å². The van der Waals surface area contributed by atoms with Crippen molar-refractivity contribution in [3.8, 4) is 5.75 Å². The maximum atomic E-state index is 13.1. The second-order valence-electron chi connectivity index (χ2n) is 8.15. The highest BCUT2D eigenvalue weighted by Gasteiger charge is 2.30. The average molecular weight is 533 g/mol. The predicted molar refractivity (Wildman–Crippen MR) is 136 cm³/mol. The summed E-state index contributed by atoms with van der Waals surface area (Å²) < 4.78 is 45.1. The highest BCUT2D eigenvalue weighted by Crippen LogP contribution is 2.38. The van der Waals surface area contributed by atoms with Gasteiger partial charge in [-0.1, -0.05) is 18.2 Å². The van der Waals surface area contributed by atoms with Crippen LogP contribution in [0.25, 0.3) is 10.1 Å². The standard InChI is InChI=1S/C25H28N2O7S2/c1-32-18-6-8-19(9-7-18)36(30,31)27(10-12-28)11-13-33-24-15-17(14-22(34-24)25(26)29)21-16-35-23-5-3-2-4-20(21)23/h2-9,14,16-17,24,28H,10-13,15H2,1H3,(H2,26,29)/t17-,24+/m1/s1. The second kappa shape index (κ2) is 11.4. The Bertz CT molecular complexity index is 1340. The number of carbonyl (C=O) groups excluding carboxylic acids is 1. The van der Waals surface area contributed by atoms with E-state index >= 15 is 0 Å². The number of ether oxygens (including phenoxy) is 3. The number of allylic oxidation sites excluding steroid dienone is 1. The highest BCUT2D eigenvalue weighted by atomic mass is 32.2. The van der Waals surface area contributed by atoms with E-state index < -0.39 is 22.2 Å². The molecule has 2 heterocycles. The summed E-state index contributed by atoms with van der Waals surface area (Å²) in [5.74, 6) is -0.299. The van der Waals surface area contributed by atoms with Crippen molar-refractivity contribution in [1.29, 1.82) is 0 Å². The molecule has 1 amide bonds. The Hall–Kier alpha value is -2.96. The van der Waals surface area contributed by atoms with Gasteiger partial charge in [0.1, 0.15) is 5.75 Å². The third-order valence-electron chi connectivity index (χ3n) is 5.90. The minimum Gasteiger partial charge on any atom is -0.497 e. The summed E-state index contributed by atoms with van der Waals surface area (Å²) in [5, 5.41) is 12.6. The number of fused-ring (bicyclic) bond motifs is 1. The smallest absolute Gasteiger partial charge is 0.283 e. The maximum Gasteiger partial charge on any atom is 0.283 e. The number of amides is 1. The van der Waals surface area contributed by atoms with Crippen molar-refractivity contribution >= 4 is 37.4 Å². The molecule has 0 aliphatic carbocycles. The first kappa shape index (κ1) is 26.1. The highest BCUT2D eigenvalue weighted by molar-refractivity contribution is 7.89. The van der Waals surface area contributed by atoms with Gasteiger partial charge in [0.2, 0.25) is 16.3 Å². The zero-order valence-electron chi connectivity index (χ0n) is 19.7. The summed E-state index contributed by atoms with van der Waals surface area (Å²) in [5.41, 5.74) is 6.56. The summed E-state index contributed by atoms with van der Waals surface area (Å²) in [4.78, 5) is 12.0. The number of benzene rings is 2. The van der Waals surface area contributed by atoms with E-state index in [0.717, 1.165) is 20.0 Å². The Morgan fingerprint density at radius 3 is 2.64 bits per heavy atom. The van der Waals surface area contributed by atoms with Crippen molar-refractivity contribution < 1.29 is 32.5 Å². The molecule has 0 unspecified atom stereocenters. The first-order valence-electron chi connectivity index (χ1n) is 11.3. The molecule has 1 aliphatic heterocycles. The van der Waals surface area contributed by atoms with Crippen molar-refractivity contribution in [2.45, 2.75) is 23.5 Å². The summed E-state index contributed by atoms with van der Waals surface area (Å²) >= 11 is 1.62. The molecule has 11 heteroatoms. The molecule has 1 aromatic heterocycles. The van der Waals surface area contributed by atoms with Gasteiger partial charge in [-0.2, -0.15) is 4.31 Å². The molecular weight excluding hydrogens is 504 g/mol. The summed E-state index contributed by atoms with van der Waals surface area (Å²) in [6.07, 6.45) is 1.35. The zero-order valence-corrected chi connectivity index (χ0v) is 21.3. The number of primary amides is 1. The predicted octanol–water partition coefficient (Wildman–Crippen LogP) is 2.81. The summed E-state index contributed by atoms with van der Waals surface area (Å²) in [7, 11) is -2.38. The van der Waals surface area contributed by atoms with Gasteiger partial charge >= 0.3 is 0 Å². The molecule has 192 valence electrons. The fourth-order valence-electron chi connectivity index (χ4n) is 4.08. The number of hydrogen-bond donors (Lipinski definition) is 2. The van der Waals surface area contributed by atoms with Crippen LogP contribution in [-0.2, 0) is 24.3 Å². The van der Waals surface area contributed by atoms with Gasteiger partial charge < -0.3 is 25.1 Å². The Morgan fingerprint density at radius 2 is 1.94 bits per heavy atom. The van der Waals surface area contributed by atoms with Crippen LogP contribution in [0.2, 0.25) is 0 Å². The van der Waals surface area contributed by atoms with Crippen molar-refractivity contribution in [2.24, 2.45) is 5.73 Å². The van der Waals surface area contributed by atoms with Gasteiger partial charge in [-0.3, -0.25) is 4.79 Å². The molecule has 3 N–H and O–H groups in total. The number of carbonyl (C=O) groups is 1. The summed E-state index contributed by atoms with van der Waals surface area (Å²) in [6, 6.07) is 14.0. The van der Waals surface area contributed by atoms with E-state index in [1.165, 1.54) is 19.2 Å². The first-order chi connectivity index (χ1) is 17.3. The van der Waals surface area contributed by atoms with E-state index in [2.05, 4.69) is 5.38 Å². The number of sulfonamides is 1. The lowest BCUT2D eigenvalue weighted by Crippen LogP contribution is -2.38. The van der Waals surface area contributed by atoms with E-state index in [1.807, 2.05) is 24.3 Å². The number of methoxy groups -OCH3 is 1. The van der Waals surface area contributed by atoms with Crippen LogP contribution in [0, 0.1) is 0 Å². The minimum absolute atomic E-state index is 0.0107. The molecule has 4 rings (SSSR count). The van der Waals surface area contributed by atoms with Crippen LogP contribution in [0.1, 0.15) is 17.9 Å². The van der Waals surface area contributed by atoms with Crippen LogP contribution in [0.3, 0.4) is 0 Å². The molecule has 36 heavy (non-hydrogen) atoms. The normalized spacial score (nSPS) is 18.1. The Morgan fingerprint density at radius 1 is 1.19 bits per heavy atom. The number of hydrogen-bond acceptors (Lipinski definition) is 8. The number of aliphatic hydroxyl groups excluding tert-OH is 1. The largest absolute Gasteiger partial charge is 0.497 e. The van der Waals surface area contributed by atoms with Crippen molar-refractivity contribution in [1.82, 2.24) is 4.31 Å². The third-order valence-corrected chi connectivity index (χ3v) is 8.80. The SMILES string of the molecule is COc1ccc(S(=O)(=O)N(CCO)CCO[C@@H]2C[C@H](c3csc4ccccc34)C=C(C(N)=O)O2)cc1. The number of nitrogens with zero attached hydrogens (tertiary/aromatic N) is 1. The average Bonchev–Trinajstić information content (AvgIpc) is 3.32. The third kappa shape index (κ3) is 5.71. The maximum absolute atomic E-state index is 13.1. The molecule has 0 spiro atoms. The van der Waals surface area contributed by atoms with Gasteiger partial charge in [0.05, 0.1) is 25.2 Å². The molecule has 2 atom stereocenters. The fraction of sp³-hybridized carbons (Fsp3) is 0.320. The van der Waals surface area contributed by atoms with E-state index in [-0.39, 0.29) is 42.9 Å². The molecule has 3 aromatic rings. The number of thiophene rings is 1. The van der Waals surface area contributed by atoms with Crippen LogP contribution < -0.4 is 10.5 Å². The number of nitrogens with two attached hydrogens (primary N) is 1. The van der Waals surface area contributed by atoms with E-state index in [0.29, 0.717) is 12.2 Å². The van der Waals surface area contributed by atoms with Gasteiger partial charge in [0.15, 0.2) is 5.76 Å². The van der Waals surface area contributed by atoms with Crippen molar-refractivity contribution in [3.05, 3.63) is 71.3 Å². The van der Waals surface area contributed by atoms with E-state index in [1.54, 1.807) is 29.5 Å². The molecule has 9 nitrogen and oxygen atoms in total. The van der Waals surface area contributed by atoms with Crippen LogP contribution >= 0.6 is 11.3 Å². The summed E-state index contributed by atoms with van der Waals surface area (Å²) in [6.45, 7) is -0.476. The quantitative estimate of drug-likeness (QED) is 0.389. The van der Waals surface area contributed by atoms with Crippen LogP contribution in [-0.4, -0.2) is 63.4 Å². The molecule has 1 aliphatic rings. The molecule has 0 saturated heterocycles. The topological polar surface area (TPSA) is 128 Å². The zero-order chi connectivity index (χ0) is 25.7. The van der Waals surface area contributed by atoms with Gasteiger partial charge in [0, 0.05) is 30.1 Å². The fourth-order valence-corrected chi connectivity index (χ4v) is 6.52. The Balaban J connectivity index is 1.46.